The van der Waals surface area contributed by atoms with Crippen LogP contribution in [-0.2, 0) is 0 Å². The number of pyridine rings is 1. The van der Waals surface area contributed by atoms with Gasteiger partial charge >= 0.3 is 0 Å². The molecule has 0 spiro atoms. The molecule has 0 saturated carbocycles. The Bertz CT molecular complexity index is 2230. The molecule has 2 heterocycles. The molecule has 6 aromatic carbocycles. The van der Waals surface area contributed by atoms with E-state index in [0.29, 0.717) is 17.5 Å². The summed E-state index contributed by atoms with van der Waals surface area (Å²) in [4.78, 5) is 19.6. The third kappa shape index (κ3) is 5.02. The number of hydrogen-bond donors (Lipinski definition) is 0. The van der Waals surface area contributed by atoms with Crippen molar-refractivity contribution >= 4 is 21.5 Å². The van der Waals surface area contributed by atoms with Crippen molar-refractivity contribution in [1.82, 2.24) is 19.9 Å². The largest absolute Gasteiger partial charge is 0.264 e. The summed E-state index contributed by atoms with van der Waals surface area (Å²) in [7, 11) is 0. The van der Waals surface area contributed by atoms with Gasteiger partial charge in [0.05, 0.1) is 0 Å². The first-order valence-corrected chi connectivity index (χ1v) is 15.1. The molecule has 0 radical (unpaired) electrons. The summed E-state index contributed by atoms with van der Waals surface area (Å²) in [6.45, 7) is 2.12. The highest BCUT2D eigenvalue weighted by molar-refractivity contribution is 5.97. The molecule has 0 aliphatic rings. The molecular formula is C41H28N4. The quantitative estimate of drug-likeness (QED) is 0.205. The number of aromatic nitrogens is 4. The number of rotatable bonds is 5. The standard InChI is InChI=1S/C41H28N4/c1-27-23-24-42-26-38(27)33-14-6-13-32(25-33)28-19-21-31(22-20-28)39-43-40(36-17-7-11-29-9-2-4-15-34(29)36)45-41(44-39)37-18-8-12-30-10-3-5-16-35(30)37/h2-26H,1H3. The normalized spacial score (nSPS) is 11.2. The van der Waals surface area contributed by atoms with Crippen LogP contribution in [0.3, 0.4) is 0 Å². The Labute approximate surface area is 261 Å². The lowest BCUT2D eigenvalue weighted by atomic mass is 9.97. The van der Waals surface area contributed by atoms with E-state index < -0.39 is 0 Å². The monoisotopic (exact) mass is 576 g/mol. The Morgan fingerprint density at radius 3 is 1.58 bits per heavy atom. The number of aryl methyl sites for hydroxylation is 1. The average molecular weight is 577 g/mol. The Balaban J connectivity index is 1.26. The molecule has 0 bridgehead atoms. The lowest BCUT2D eigenvalue weighted by Gasteiger charge is -2.12. The second kappa shape index (κ2) is 11.3. The zero-order valence-corrected chi connectivity index (χ0v) is 24.7. The number of benzene rings is 6. The topological polar surface area (TPSA) is 51.6 Å². The molecule has 0 amide bonds. The Morgan fingerprint density at radius 1 is 0.400 bits per heavy atom. The van der Waals surface area contributed by atoms with Gasteiger partial charge in [-0.1, -0.05) is 127 Å². The van der Waals surface area contributed by atoms with Gasteiger partial charge in [0, 0.05) is 34.6 Å². The fourth-order valence-corrected chi connectivity index (χ4v) is 6.03. The molecule has 0 unspecified atom stereocenters. The van der Waals surface area contributed by atoms with E-state index in [9.17, 15) is 0 Å². The molecule has 2 aromatic heterocycles. The minimum absolute atomic E-state index is 0.641. The van der Waals surface area contributed by atoms with Crippen LogP contribution in [0.2, 0.25) is 0 Å². The molecule has 0 aliphatic carbocycles. The maximum Gasteiger partial charge on any atom is 0.164 e. The summed E-state index contributed by atoms with van der Waals surface area (Å²) in [6, 6.07) is 48.4. The summed E-state index contributed by atoms with van der Waals surface area (Å²) < 4.78 is 0. The summed E-state index contributed by atoms with van der Waals surface area (Å²) in [5.74, 6) is 1.95. The van der Waals surface area contributed by atoms with Gasteiger partial charge in [0.15, 0.2) is 17.5 Å². The smallest absolute Gasteiger partial charge is 0.164 e. The first-order chi connectivity index (χ1) is 22.2. The van der Waals surface area contributed by atoms with E-state index in [4.69, 9.17) is 15.0 Å². The number of fused-ring (bicyclic) bond motifs is 2. The van der Waals surface area contributed by atoms with Crippen molar-refractivity contribution in [2.75, 3.05) is 0 Å². The summed E-state index contributed by atoms with van der Waals surface area (Å²) >= 11 is 0. The SMILES string of the molecule is Cc1ccncc1-c1cccc(-c2ccc(-c3nc(-c4cccc5ccccc45)nc(-c4cccc5ccccc45)n3)cc2)c1. The molecule has 8 rings (SSSR count). The fourth-order valence-electron chi connectivity index (χ4n) is 6.03. The van der Waals surface area contributed by atoms with Crippen molar-refractivity contribution in [2.24, 2.45) is 0 Å². The van der Waals surface area contributed by atoms with Crippen LogP contribution in [0.1, 0.15) is 5.56 Å². The number of nitrogens with zero attached hydrogens (tertiary/aromatic N) is 4. The molecule has 0 N–H and O–H groups in total. The Hall–Kier alpha value is -6.00. The molecule has 8 aromatic rings. The molecule has 4 nitrogen and oxygen atoms in total. The predicted molar refractivity (Wildman–Crippen MR) is 185 cm³/mol. The number of hydrogen-bond acceptors (Lipinski definition) is 4. The van der Waals surface area contributed by atoms with Gasteiger partial charge in [-0.3, -0.25) is 4.98 Å². The zero-order chi connectivity index (χ0) is 30.2. The van der Waals surface area contributed by atoms with Gasteiger partial charge in [-0.2, -0.15) is 0 Å². The minimum atomic E-state index is 0.641. The van der Waals surface area contributed by atoms with E-state index in [2.05, 4.69) is 145 Å². The first-order valence-electron chi connectivity index (χ1n) is 15.1. The predicted octanol–water partition coefficient (Wildman–Crippen LogP) is 10.2. The van der Waals surface area contributed by atoms with E-state index in [-0.39, 0.29) is 0 Å². The van der Waals surface area contributed by atoms with Crippen molar-refractivity contribution in [2.45, 2.75) is 6.92 Å². The van der Waals surface area contributed by atoms with Crippen LogP contribution in [0.5, 0.6) is 0 Å². The molecule has 0 saturated heterocycles. The van der Waals surface area contributed by atoms with E-state index in [1.54, 1.807) is 0 Å². The van der Waals surface area contributed by atoms with Crippen molar-refractivity contribution in [1.29, 1.82) is 0 Å². The van der Waals surface area contributed by atoms with Crippen molar-refractivity contribution in [3.8, 4) is 56.4 Å². The van der Waals surface area contributed by atoms with Gasteiger partial charge in [0.2, 0.25) is 0 Å². The lowest BCUT2D eigenvalue weighted by Crippen LogP contribution is -2.01. The minimum Gasteiger partial charge on any atom is -0.264 e. The second-order valence-corrected chi connectivity index (χ2v) is 11.2. The average Bonchev–Trinajstić information content (AvgIpc) is 3.11. The van der Waals surface area contributed by atoms with Crippen LogP contribution < -0.4 is 0 Å². The van der Waals surface area contributed by atoms with Crippen LogP contribution in [0.15, 0.2) is 152 Å². The van der Waals surface area contributed by atoms with Gasteiger partial charge in [-0.25, -0.2) is 15.0 Å². The van der Waals surface area contributed by atoms with Crippen LogP contribution in [0.4, 0.5) is 0 Å². The summed E-state index contributed by atoms with van der Waals surface area (Å²) in [6.07, 6.45) is 3.76. The van der Waals surface area contributed by atoms with Gasteiger partial charge < -0.3 is 0 Å². The summed E-state index contributed by atoms with van der Waals surface area (Å²) in [5.41, 5.74) is 8.67. The first kappa shape index (κ1) is 26.6. The highest BCUT2D eigenvalue weighted by atomic mass is 15.0. The van der Waals surface area contributed by atoms with Crippen molar-refractivity contribution in [3.63, 3.8) is 0 Å². The Morgan fingerprint density at radius 2 is 0.933 bits per heavy atom. The maximum absolute atomic E-state index is 5.08. The molecule has 0 aliphatic heterocycles. The van der Waals surface area contributed by atoms with Crippen LogP contribution >= 0.6 is 0 Å². The van der Waals surface area contributed by atoms with Crippen LogP contribution in [-0.4, -0.2) is 19.9 Å². The molecule has 0 fully saturated rings. The molecule has 0 atom stereocenters. The summed E-state index contributed by atoms with van der Waals surface area (Å²) in [5, 5.41) is 4.52. The van der Waals surface area contributed by atoms with E-state index in [1.807, 2.05) is 18.5 Å². The van der Waals surface area contributed by atoms with E-state index in [1.165, 1.54) is 5.56 Å². The molecule has 4 heteroatoms. The van der Waals surface area contributed by atoms with Gasteiger partial charge in [0.1, 0.15) is 0 Å². The van der Waals surface area contributed by atoms with Crippen molar-refractivity contribution < 1.29 is 0 Å². The second-order valence-electron chi connectivity index (χ2n) is 11.2. The molecule has 212 valence electrons. The highest BCUT2D eigenvalue weighted by Crippen LogP contribution is 2.33. The fraction of sp³-hybridized carbons (Fsp3) is 0.0244. The zero-order valence-electron chi connectivity index (χ0n) is 24.7. The van der Waals surface area contributed by atoms with E-state index >= 15 is 0 Å². The highest BCUT2D eigenvalue weighted by Gasteiger charge is 2.16. The molecule has 45 heavy (non-hydrogen) atoms. The van der Waals surface area contributed by atoms with E-state index in [0.717, 1.165) is 60.5 Å². The third-order valence-corrected chi connectivity index (χ3v) is 8.39. The molecular weight excluding hydrogens is 548 g/mol. The van der Waals surface area contributed by atoms with Crippen molar-refractivity contribution in [3.05, 3.63) is 157 Å². The van der Waals surface area contributed by atoms with Gasteiger partial charge in [-0.15, -0.1) is 0 Å². The van der Waals surface area contributed by atoms with Gasteiger partial charge in [0.25, 0.3) is 0 Å². The Kier molecular flexibility index (Phi) is 6.65. The van der Waals surface area contributed by atoms with Crippen LogP contribution in [0, 0.1) is 6.92 Å². The van der Waals surface area contributed by atoms with Gasteiger partial charge in [-0.05, 0) is 62.9 Å². The maximum atomic E-state index is 5.08. The van der Waals surface area contributed by atoms with Crippen LogP contribution in [0.25, 0.3) is 78.0 Å². The lowest BCUT2D eigenvalue weighted by molar-refractivity contribution is 1.08. The third-order valence-electron chi connectivity index (χ3n) is 8.39.